The molecule has 32 heavy (non-hydrogen) atoms. The lowest BCUT2D eigenvalue weighted by Gasteiger charge is -2.12. The molecule has 3 N–H and O–H groups in total. The van der Waals surface area contributed by atoms with Crippen LogP contribution in [-0.2, 0) is 6.54 Å². The van der Waals surface area contributed by atoms with Gasteiger partial charge < -0.3 is 15.7 Å². The molecule has 0 radical (unpaired) electrons. The van der Waals surface area contributed by atoms with Crippen molar-refractivity contribution in [1.82, 2.24) is 25.4 Å². The van der Waals surface area contributed by atoms with Gasteiger partial charge in [0.25, 0.3) is 0 Å². The van der Waals surface area contributed by atoms with Crippen molar-refractivity contribution in [3.05, 3.63) is 90.5 Å². The van der Waals surface area contributed by atoms with Crippen LogP contribution in [0.2, 0.25) is 0 Å². The van der Waals surface area contributed by atoms with E-state index in [0.29, 0.717) is 30.0 Å². The largest absolute Gasteiger partial charge is 0.465 e. The molecule has 2 heterocycles. The van der Waals surface area contributed by atoms with Gasteiger partial charge in [-0.1, -0.05) is 42.5 Å². The molecule has 2 aromatic heterocycles. The van der Waals surface area contributed by atoms with Crippen LogP contribution in [0, 0.1) is 5.82 Å². The van der Waals surface area contributed by atoms with Crippen molar-refractivity contribution in [2.75, 3.05) is 13.1 Å². The fourth-order valence-corrected chi connectivity index (χ4v) is 3.42. The van der Waals surface area contributed by atoms with Crippen LogP contribution in [0.3, 0.4) is 0 Å². The van der Waals surface area contributed by atoms with E-state index in [1.807, 2.05) is 42.5 Å². The average molecular weight is 431 g/mol. The van der Waals surface area contributed by atoms with Crippen molar-refractivity contribution in [2.24, 2.45) is 0 Å². The average Bonchev–Trinajstić information content (AvgIpc) is 3.23. The van der Waals surface area contributed by atoms with Gasteiger partial charge in [0.2, 0.25) is 0 Å². The maximum absolute atomic E-state index is 14.7. The Bertz CT molecular complexity index is 1190. The Balaban J connectivity index is 1.64. The minimum absolute atomic E-state index is 0.267. The molecule has 0 saturated heterocycles. The Kier molecular flexibility index (Phi) is 6.52. The van der Waals surface area contributed by atoms with Crippen LogP contribution in [0.15, 0.2) is 79.1 Å². The minimum Gasteiger partial charge on any atom is -0.465 e. The third-order valence-corrected chi connectivity index (χ3v) is 4.93. The van der Waals surface area contributed by atoms with E-state index in [0.717, 1.165) is 16.8 Å². The standard InChI is InChI=1S/C24H22FN5O2/c25-21-9-5-4-8-20(21)23-18(14-26-12-13-27-24(31)32)15-29-30(23)19-10-11-22(28-16-19)17-6-2-1-3-7-17/h1-11,15-16,26-27H,12-14H2,(H,31,32). The smallest absolute Gasteiger partial charge is 0.404 e. The summed E-state index contributed by atoms with van der Waals surface area (Å²) in [4.78, 5) is 15.1. The summed E-state index contributed by atoms with van der Waals surface area (Å²) >= 11 is 0. The highest BCUT2D eigenvalue weighted by Crippen LogP contribution is 2.29. The normalized spacial score (nSPS) is 10.8. The van der Waals surface area contributed by atoms with Gasteiger partial charge >= 0.3 is 6.09 Å². The third kappa shape index (κ3) is 4.81. The summed E-state index contributed by atoms with van der Waals surface area (Å²) in [6.45, 7) is 1.10. The van der Waals surface area contributed by atoms with Gasteiger partial charge in [0.1, 0.15) is 5.82 Å². The van der Waals surface area contributed by atoms with Crippen LogP contribution in [0.4, 0.5) is 9.18 Å². The van der Waals surface area contributed by atoms with Gasteiger partial charge in [0.15, 0.2) is 0 Å². The van der Waals surface area contributed by atoms with E-state index in [1.165, 1.54) is 6.07 Å². The van der Waals surface area contributed by atoms with E-state index < -0.39 is 6.09 Å². The Labute approximate surface area is 184 Å². The molecule has 0 bridgehead atoms. The maximum atomic E-state index is 14.7. The number of hydrogen-bond donors (Lipinski definition) is 3. The van der Waals surface area contributed by atoms with Crippen molar-refractivity contribution < 1.29 is 14.3 Å². The van der Waals surface area contributed by atoms with Gasteiger partial charge in [-0.05, 0) is 24.3 Å². The third-order valence-electron chi connectivity index (χ3n) is 4.93. The Morgan fingerprint density at radius 1 is 0.969 bits per heavy atom. The summed E-state index contributed by atoms with van der Waals surface area (Å²) in [5.41, 5.74) is 4.39. The molecule has 0 fully saturated rings. The summed E-state index contributed by atoms with van der Waals surface area (Å²) in [5, 5.41) is 18.6. The molecule has 0 aliphatic carbocycles. The molecule has 0 spiro atoms. The number of carboxylic acid groups (broad SMARTS) is 1. The monoisotopic (exact) mass is 431 g/mol. The van der Waals surface area contributed by atoms with Crippen LogP contribution in [0.1, 0.15) is 5.56 Å². The Morgan fingerprint density at radius 2 is 1.75 bits per heavy atom. The van der Waals surface area contributed by atoms with Crippen LogP contribution in [0.25, 0.3) is 28.2 Å². The van der Waals surface area contributed by atoms with E-state index in [9.17, 15) is 9.18 Å². The zero-order valence-corrected chi connectivity index (χ0v) is 17.2. The number of pyridine rings is 1. The summed E-state index contributed by atoms with van der Waals surface area (Å²) in [6, 6.07) is 20.2. The predicted molar refractivity (Wildman–Crippen MR) is 120 cm³/mol. The molecular weight excluding hydrogens is 409 g/mol. The van der Waals surface area contributed by atoms with Gasteiger partial charge in [0.05, 0.1) is 29.5 Å². The second-order valence-corrected chi connectivity index (χ2v) is 7.09. The van der Waals surface area contributed by atoms with E-state index in [2.05, 4.69) is 20.7 Å². The second-order valence-electron chi connectivity index (χ2n) is 7.09. The molecule has 162 valence electrons. The number of rotatable bonds is 8. The first-order valence-corrected chi connectivity index (χ1v) is 10.1. The van der Waals surface area contributed by atoms with Gasteiger partial charge in [0, 0.05) is 36.3 Å². The fourth-order valence-electron chi connectivity index (χ4n) is 3.42. The van der Waals surface area contributed by atoms with E-state index >= 15 is 0 Å². The van der Waals surface area contributed by atoms with Crippen molar-refractivity contribution in [2.45, 2.75) is 6.54 Å². The molecule has 0 aliphatic rings. The van der Waals surface area contributed by atoms with Crippen LogP contribution in [0.5, 0.6) is 0 Å². The number of nitrogens with one attached hydrogen (secondary N) is 2. The lowest BCUT2D eigenvalue weighted by atomic mass is 10.1. The molecule has 1 amide bonds. The van der Waals surface area contributed by atoms with Crippen LogP contribution < -0.4 is 10.6 Å². The first-order chi connectivity index (χ1) is 15.6. The van der Waals surface area contributed by atoms with Gasteiger partial charge in [-0.25, -0.2) is 13.9 Å². The summed E-state index contributed by atoms with van der Waals surface area (Å²) in [5.74, 6) is -0.350. The Hall–Kier alpha value is -4.04. The molecular formula is C24H22FN5O2. The topological polar surface area (TPSA) is 92.1 Å². The number of amides is 1. The van der Waals surface area contributed by atoms with E-state index in [1.54, 1.807) is 35.3 Å². The first kappa shape index (κ1) is 21.2. The van der Waals surface area contributed by atoms with Crippen molar-refractivity contribution in [3.8, 4) is 28.2 Å². The maximum Gasteiger partial charge on any atom is 0.404 e. The summed E-state index contributed by atoms with van der Waals surface area (Å²) in [6.07, 6.45) is 2.33. The number of nitrogens with zero attached hydrogens (tertiary/aromatic N) is 3. The minimum atomic E-state index is -1.07. The van der Waals surface area contributed by atoms with Crippen molar-refractivity contribution in [1.29, 1.82) is 0 Å². The number of hydrogen-bond acceptors (Lipinski definition) is 4. The number of halogens is 1. The lowest BCUT2D eigenvalue weighted by Crippen LogP contribution is -2.30. The van der Waals surface area contributed by atoms with Gasteiger partial charge in [-0.2, -0.15) is 5.10 Å². The molecule has 7 nitrogen and oxygen atoms in total. The highest BCUT2D eigenvalue weighted by atomic mass is 19.1. The molecule has 4 rings (SSSR count). The quantitative estimate of drug-likeness (QED) is 0.366. The summed E-state index contributed by atoms with van der Waals surface area (Å²) in [7, 11) is 0. The summed E-state index contributed by atoms with van der Waals surface area (Å²) < 4.78 is 16.4. The highest BCUT2D eigenvalue weighted by molar-refractivity contribution is 5.67. The van der Waals surface area contributed by atoms with Crippen molar-refractivity contribution in [3.63, 3.8) is 0 Å². The highest BCUT2D eigenvalue weighted by Gasteiger charge is 2.17. The molecule has 0 unspecified atom stereocenters. The molecule has 0 atom stereocenters. The molecule has 8 heteroatoms. The predicted octanol–water partition coefficient (Wildman–Crippen LogP) is 4.10. The Morgan fingerprint density at radius 3 is 2.47 bits per heavy atom. The zero-order chi connectivity index (χ0) is 22.3. The SMILES string of the molecule is O=C(O)NCCNCc1cnn(-c2ccc(-c3ccccc3)nc2)c1-c1ccccc1F. The van der Waals surface area contributed by atoms with Gasteiger partial charge in [-0.15, -0.1) is 0 Å². The van der Waals surface area contributed by atoms with Crippen LogP contribution >= 0.6 is 0 Å². The lowest BCUT2D eigenvalue weighted by molar-refractivity contribution is 0.194. The number of carbonyl (C=O) groups is 1. The zero-order valence-electron chi connectivity index (χ0n) is 17.2. The van der Waals surface area contributed by atoms with Crippen molar-refractivity contribution >= 4 is 6.09 Å². The molecule has 4 aromatic rings. The van der Waals surface area contributed by atoms with Crippen LogP contribution in [-0.4, -0.2) is 39.1 Å². The molecule has 2 aromatic carbocycles. The second kappa shape index (κ2) is 9.84. The van der Waals surface area contributed by atoms with Gasteiger partial charge in [-0.3, -0.25) is 4.98 Å². The molecule has 0 saturated carbocycles. The first-order valence-electron chi connectivity index (χ1n) is 10.1. The number of aromatic nitrogens is 3. The fraction of sp³-hybridized carbons (Fsp3) is 0.125. The van der Waals surface area contributed by atoms with E-state index in [4.69, 9.17) is 5.11 Å². The van der Waals surface area contributed by atoms with E-state index in [-0.39, 0.29) is 12.4 Å². The number of benzene rings is 2. The molecule has 0 aliphatic heterocycles.